The van der Waals surface area contributed by atoms with Crippen molar-refractivity contribution in [2.24, 2.45) is 0 Å². The van der Waals surface area contributed by atoms with Crippen LogP contribution in [0.25, 0.3) is 0 Å². The number of aromatic amines is 1. The number of aromatic nitrogens is 3. The number of esters is 1. The number of benzene rings is 1. The molecule has 2 N–H and O–H groups in total. The summed E-state index contributed by atoms with van der Waals surface area (Å²) in [7, 11) is 5.71. The summed E-state index contributed by atoms with van der Waals surface area (Å²) in [6.07, 6.45) is 3.60. The van der Waals surface area contributed by atoms with Crippen molar-refractivity contribution in [2.45, 2.75) is 32.2 Å². The molecule has 182 valence electrons. The molecule has 1 atom stereocenters. The van der Waals surface area contributed by atoms with Gasteiger partial charge >= 0.3 is 5.97 Å². The summed E-state index contributed by atoms with van der Waals surface area (Å²) in [6.45, 7) is 2.10. The summed E-state index contributed by atoms with van der Waals surface area (Å²) in [5.41, 5.74) is 1.58. The third-order valence-corrected chi connectivity index (χ3v) is 5.74. The van der Waals surface area contributed by atoms with E-state index in [9.17, 15) is 14.7 Å². The molecular weight excluding hydrogens is 442 g/mol. The van der Waals surface area contributed by atoms with E-state index in [-0.39, 0.29) is 17.7 Å². The molecule has 0 aliphatic rings. The molecule has 3 rings (SSSR count). The number of carbonyl (C=O) groups excluding carboxylic acids is 1. The number of H-pyrrole nitrogens is 1. The van der Waals surface area contributed by atoms with Gasteiger partial charge in [-0.1, -0.05) is 0 Å². The third kappa shape index (κ3) is 5.00. The Bertz CT molecular complexity index is 1200. The van der Waals surface area contributed by atoms with Crippen molar-refractivity contribution in [3.63, 3.8) is 0 Å². The van der Waals surface area contributed by atoms with Crippen LogP contribution in [-0.2, 0) is 22.5 Å². The Morgan fingerprint density at radius 3 is 2.35 bits per heavy atom. The maximum atomic E-state index is 13.7. The number of nitrogens with one attached hydrogen (secondary N) is 1. The fourth-order valence-electron chi connectivity index (χ4n) is 3.97. The van der Waals surface area contributed by atoms with Gasteiger partial charge < -0.3 is 33.6 Å². The molecule has 0 saturated carbocycles. The second-order valence-electron chi connectivity index (χ2n) is 7.65. The minimum absolute atomic E-state index is 0.0612. The standard InChI is InChI=1S/C24H29N3O7/c1-14-8-18(28)23(24(30)27(14)7-6-15-12-25-13-26-15)17(10-22(29)34-5)16-9-20(32-3)21(33-4)11-19(16)31-2/h8-9,11-13,17,28H,6-7,10H2,1-5H3,(H,25,26)/t17-/m1/s1. The van der Waals surface area contributed by atoms with Gasteiger partial charge in [0.15, 0.2) is 11.5 Å². The number of rotatable bonds is 10. The highest BCUT2D eigenvalue weighted by molar-refractivity contribution is 5.72. The second-order valence-corrected chi connectivity index (χ2v) is 7.65. The summed E-state index contributed by atoms with van der Waals surface area (Å²) in [5.74, 6) is -0.454. The number of imidazole rings is 1. The van der Waals surface area contributed by atoms with Crippen molar-refractivity contribution in [3.8, 4) is 23.0 Å². The van der Waals surface area contributed by atoms with Gasteiger partial charge in [0.1, 0.15) is 11.5 Å². The van der Waals surface area contributed by atoms with Crippen LogP contribution >= 0.6 is 0 Å². The molecule has 0 fully saturated rings. The highest BCUT2D eigenvalue weighted by Crippen LogP contribution is 2.42. The molecule has 0 saturated heterocycles. The van der Waals surface area contributed by atoms with Crippen LogP contribution in [-0.4, -0.2) is 54.1 Å². The van der Waals surface area contributed by atoms with Gasteiger partial charge in [-0.2, -0.15) is 0 Å². The number of carbonyl (C=O) groups is 1. The zero-order valence-corrected chi connectivity index (χ0v) is 19.9. The SMILES string of the molecule is COC(=O)C[C@H](c1cc(OC)c(OC)cc1OC)c1c(O)cc(C)n(CCc2cnc[nH]2)c1=O. The van der Waals surface area contributed by atoms with Gasteiger partial charge in [-0.25, -0.2) is 4.98 Å². The first-order valence-electron chi connectivity index (χ1n) is 10.6. The van der Waals surface area contributed by atoms with Crippen LogP contribution in [0.15, 0.2) is 35.5 Å². The molecule has 10 nitrogen and oxygen atoms in total. The molecule has 0 aliphatic carbocycles. The van der Waals surface area contributed by atoms with E-state index < -0.39 is 17.4 Å². The van der Waals surface area contributed by atoms with Crippen LogP contribution in [0.3, 0.4) is 0 Å². The fraction of sp³-hybridized carbons (Fsp3) is 0.375. The first kappa shape index (κ1) is 24.7. The van der Waals surface area contributed by atoms with Crippen LogP contribution in [0.4, 0.5) is 0 Å². The molecule has 1 aromatic carbocycles. The van der Waals surface area contributed by atoms with Crippen molar-refractivity contribution in [1.29, 1.82) is 0 Å². The van der Waals surface area contributed by atoms with Gasteiger partial charge in [-0.15, -0.1) is 0 Å². The number of methoxy groups -OCH3 is 4. The number of nitrogens with zero attached hydrogens (tertiary/aromatic N) is 2. The largest absolute Gasteiger partial charge is 0.507 e. The van der Waals surface area contributed by atoms with Crippen LogP contribution in [0.1, 0.15) is 34.9 Å². The number of ether oxygens (including phenoxy) is 4. The van der Waals surface area contributed by atoms with Crippen LogP contribution in [0.5, 0.6) is 23.0 Å². The average molecular weight is 472 g/mol. The van der Waals surface area contributed by atoms with Crippen molar-refractivity contribution >= 4 is 5.97 Å². The van der Waals surface area contributed by atoms with Crippen molar-refractivity contribution in [1.82, 2.24) is 14.5 Å². The normalized spacial score (nSPS) is 11.7. The monoisotopic (exact) mass is 471 g/mol. The fourth-order valence-corrected chi connectivity index (χ4v) is 3.97. The van der Waals surface area contributed by atoms with E-state index in [2.05, 4.69) is 9.97 Å². The summed E-state index contributed by atoms with van der Waals surface area (Å²) < 4.78 is 22.8. The van der Waals surface area contributed by atoms with Gasteiger partial charge in [-0.3, -0.25) is 9.59 Å². The zero-order chi connectivity index (χ0) is 24.8. The molecule has 2 heterocycles. The Labute approximate surface area is 197 Å². The number of aryl methyl sites for hydroxylation is 2. The highest BCUT2D eigenvalue weighted by atomic mass is 16.5. The maximum Gasteiger partial charge on any atom is 0.306 e. The zero-order valence-electron chi connectivity index (χ0n) is 19.9. The lowest BCUT2D eigenvalue weighted by molar-refractivity contribution is -0.140. The lowest BCUT2D eigenvalue weighted by atomic mass is 9.87. The first-order valence-corrected chi connectivity index (χ1v) is 10.6. The molecule has 34 heavy (non-hydrogen) atoms. The van der Waals surface area contributed by atoms with Gasteiger partial charge in [0.05, 0.1) is 46.8 Å². The van der Waals surface area contributed by atoms with E-state index in [0.717, 1.165) is 5.69 Å². The molecule has 0 radical (unpaired) electrons. The van der Waals surface area contributed by atoms with E-state index in [0.29, 0.717) is 41.5 Å². The minimum atomic E-state index is -0.867. The summed E-state index contributed by atoms with van der Waals surface area (Å²) in [4.78, 5) is 33.1. The van der Waals surface area contributed by atoms with Crippen LogP contribution < -0.4 is 19.8 Å². The van der Waals surface area contributed by atoms with Crippen molar-refractivity contribution < 1.29 is 28.8 Å². The van der Waals surface area contributed by atoms with Crippen molar-refractivity contribution in [2.75, 3.05) is 28.4 Å². The number of hydrogen-bond acceptors (Lipinski definition) is 8. The summed E-state index contributed by atoms with van der Waals surface area (Å²) in [5, 5.41) is 10.9. The predicted molar refractivity (Wildman–Crippen MR) is 124 cm³/mol. The van der Waals surface area contributed by atoms with E-state index in [1.54, 1.807) is 36.1 Å². The van der Waals surface area contributed by atoms with Crippen molar-refractivity contribution in [3.05, 3.63) is 63.6 Å². The lowest BCUT2D eigenvalue weighted by Crippen LogP contribution is -2.29. The molecule has 0 spiro atoms. The average Bonchev–Trinajstić information content (AvgIpc) is 3.35. The first-order chi connectivity index (χ1) is 16.3. The molecule has 0 amide bonds. The smallest absolute Gasteiger partial charge is 0.306 e. The Kier molecular flexibility index (Phi) is 7.83. The van der Waals surface area contributed by atoms with Gasteiger partial charge in [0.25, 0.3) is 5.56 Å². The van der Waals surface area contributed by atoms with E-state index >= 15 is 0 Å². The van der Waals surface area contributed by atoms with Gasteiger partial charge in [-0.05, 0) is 19.1 Å². The predicted octanol–water partition coefficient (Wildman–Crippen LogP) is 2.55. The van der Waals surface area contributed by atoms with Crippen LogP contribution in [0.2, 0.25) is 0 Å². The number of hydrogen-bond donors (Lipinski definition) is 2. The molecule has 0 aliphatic heterocycles. The Hall–Kier alpha value is -3.95. The lowest BCUT2D eigenvalue weighted by Gasteiger charge is -2.23. The summed E-state index contributed by atoms with van der Waals surface area (Å²) >= 11 is 0. The molecule has 3 aromatic rings. The highest BCUT2D eigenvalue weighted by Gasteiger charge is 2.30. The minimum Gasteiger partial charge on any atom is -0.507 e. The Balaban J connectivity index is 2.19. The van der Waals surface area contributed by atoms with Gasteiger partial charge in [0.2, 0.25) is 0 Å². The molecule has 10 heteroatoms. The van der Waals surface area contributed by atoms with Gasteiger partial charge in [0, 0.05) is 48.1 Å². The number of pyridine rings is 1. The topological polar surface area (TPSA) is 125 Å². The molecule has 2 aromatic heterocycles. The Morgan fingerprint density at radius 1 is 1.09 bits per heavy atom. The second kappa shape index (κ2) is 10.8. The Morgan fingerprint density at radius 2 is 1.76 bits per heavy atom. The summed E-state index contributed by atoms with van der Waals surface area (Å²) in [6, 6.07) is 4.76. The van der Waals surface area contributed by atoms with E-state index in [1.165, 1.54) is 34.5 Å². The number of aromatic hydroxyl groups is 1. The van der Waals surface area contributed by atoms with E-state index in [1.807, 2.05) is 0 Å². The van der Waals surface area contributed by atoms with Crippen LogP contribution in [0, 0.1) is 6.92 Å². The third-order valence-electron chi connectivity index (χ3n) is 5.74. The molecule has 0 bridgehead atoms. The maximum absolute atomic E-state index is 13.7. The molecular formula is C24H29N3O7. The van der Waals surface area contributed by atoms with E-state index in [4.69, 9.17) is 18.9 Å². The molecule has 0 unspecified atom stereocenters. The quantitative estimate of drug-likeness (QED) is 0.432.